The van der Waals surface area contributed by atoms with Crippen LogP contribution in [-0.4, -0.2) is 8.42 Å². The molecule has 2 aromatic carbocycles. The second-order valence-electron chi connectivity index (χ2n) is 4.88. The molecule has 0 radical (unpaired) electrons. The molecule has 3 N–H and O–H groups in total. The lowest BCUT2D eigenvalue weighted by Gasteiger charge is -2.13. The van der Waals surface area contributed by atoms with Crippen molar-refractivity contribution in [3.63, 3.8) is 0 Å². The van der Waals surface area contributed by atoms with Gasteiger partial charge in [0.1, 0.15) is 0 Å². The molecule has 0 unspecified atom stereocenters. The molecule has 0 saturated heterocycles. The van der Waals surface area contributed by atoms with E-state index < -0.39 is 10.0 Å². The van der Waals surface area contributed by atoms with Gasteiger partial charge in [0.2, 0.25) is 0 Å². The van der Waals surface area contributed by atoms with Crippen LogP contribution in [0.25, 0.3) is 0 Å². The fourth-order valence-electron chi connectivity index (χ4n) is 2.02. The number of nitrogens with two attached hydrogens (primary N) is 1. The predicted octanol–water partition coefficient (Wildman–Crippen LogP) is 3.33. The van der Waals surface area contributed by atoms with Gasteiger partial charge in [0, 0.05) is 16.7 Å². The molecule has 2 rings (SSSR count). The summed E-state index contributed by atoms with van der Waals surface area (Å²) in [5.41, 5.74) is 8.57. The summed E-state index contributed by atoms with van der Waals surface area (Å²) >= 11 is 3.38. The van der Waals surface area contributed by atoms with E-state index in [-0.39, 0.29) is 11.4 Å². The van der Waals surface area contributed by atoms with Crippen molar-refractivity contribution in [2.45, 2.75) is 25.3 Å². The summed E-state index contributed by atoms with van der Waals surface area (Å²) in [6.45, 7) is 3.95. The summed E-state index contributed by atoms with van der Waals surface area (Å²) in [6.07, 6.45) is 0. The average molecular weight is 369 g/mol. The first-order valence-electron chi connectivity index (χ1n) is 6.42. The van der Waals surface area contributed by atoms with Gasteiger partial charge in [0.05, 0.1) is 4.90 Å². The van der Waals surface area contributed by atoms with Gasteiger partial charge in [-0.3, -0.25) is 4.72 Å². The van der Waals surface area contributed by atoms with Crippen molar-refractivity contribution in [3.05, 3.63) is 57.6 Å². The minimum atomic E-state index is -3.65. The topological polar surface area (TPSA) is 72.2 Å². The second-order valence-corrected chi connectivity index (χ2v) is 7.39. The number of halogens is 1. The lowest BCUT2D eigenvalue weighted by molar-refractivity contribution is 0.600. The van der Waals surface area contributed by atoms with Crippen molar-refractivity contribution in [2.75, 3.05) is 4.72 Å². The summed E-state index contributed by atoms with van der Waals surface area (Å²) < 4.78 is 28.5. The maximum atomic E-state index is 12.6. The van der Waals surface area contributed by atoms with E-state index in [1.165, 1.54) is 0 Å². The summed E-state index contributed by atoms with van der Waals surface area (Å²) in [6, 6.07) is 10.7. The lowest BCUT2D eigenvalue weighted by Crippen LogP contribution is -2.15. The zero-order chi connectivity index (χ0) is 15.6. The molecule has 0 aromatic heterocycles. The molecule has 6 heteroatoms. The van der Waals surface area contributed by atoms with E-state index in [1.54, 1.807) is 25.1 Å². The molecule has 112 valence electrons. The van der Waals surface area contributed by atoms with Gasteiger partial charge >= 0.3 is 0 Å². The van der Waals surface area contributed by atoms with Crippen LogP contribution in [0.5, 0.6) is 0 Å². The molecule has 0 aliphatic rings. The molecule has 0 aliphatic heterocycles. The highest BCUT2D eigenvalue weighted by Crippen LogP contribution is 2.27. The number of nitrogens with one attached hydrogen (secondary N) is 1. The van der Waals surface area contributed by atoms with E-state index in [9.17, 15) is 8.42 Å². The summed E-state index contributed by atoms with van der Waals surface area (Å²) in [5, 5.41) is 0. The zero-order valence-corrected chi connectivity index (χ0v) is 14.3. The standard InChI is InChI=1S/C15H17BrN2O2S/c1-10-4-3-5-13(6-10)18-21(19,20)15-8-12(9-17)7-14(16)11(15)2/h3-8,18H,9,17H2,1-2H3. The van der Waals surface area contributed by atoms with Crippen molar-refractivity contribution >= 4 is 31.6 Å². The Morgan fingerprint density at radius 3 is 2.52 bits per heavy atom. The van der Waals surface area contributed by atoms with E-state index in [0.717, 1.165) is 15.6 Å². The SMILES string of the molecule is Cc1cccc(NS(=O)(=O)c2cc(CN)cc(Br)c2C)c1. The lowest BCUT2D eigenvalue weighted by atomic mass is 10.1. The summed E-state index contributed by atoms with van der Waals surface area (Å²) in [5.74, 6) is 0. The molecule has 0 amide bonds. The van der Waals surface area contributed by atoms with Crippen molar-refractivity contribution in [1.82, 2.24) is 0 Å². The van der Waals surface area contributed by atoms with E-state index in [2.05, 4.69) is 20.7 Å². The molecule has 0 spiro atoms. The normalized spacial score (nSPS) is 11.4. The smallest absolute Gasteiger partial charge is 0.262 e. The fraction of sp³-hybridized carbons (Fsp3) is 0.200. The number of rotatable bonds is 4. The van der Waals surface area contributed by atoms with Crippen LogP contribution in [0.3, 0.4) is 0 Å². The number of anilines is 1. The molecule has 21 heavy (non-hydrogen) atoms. The highest BCUT2D eigenvalue weighted by Gasteiger charge is 2.19. The number of benzene rings is 2. The van der Waals surface area contributed by atoms with Crippen molar-refractivity contribution < 1.29 is 8.42 Å². The Labute approximate surface area is 133 Å². The van der Waals surface area contributed by atoms with Gasteiger partial charge in [-0.2, -0.15) is 0 Å². The third kappa shape index (κ3) is 3.64. The first kappa shape index (κ1) is 16.0. The summed E-state index contributed by atoms with van der Waals surface area (Å²) in [7, 11) is -3.65. The molecule has 4 nitrogen and oxygen atoms in total. The van der Waals surface area contributed by atoms with Gasteiger partial charge in [-0.15, -0.1) is 0 Å². The number of sulfonamides is 1. The molecular weight excluding hydrogens is 352 g/mol. The first-order chi connectivity index (χ1) is 9.83. The van der Waals surface area contributed by atoms with Crippen LogP contribution in [0, 0.1) is 13.8 Å². The number of hydrogen-bond donors (Lipinski definition) is 2. The largest absolute Gasteiger partial charge is 0.326 e. The maximum Gasteiger partial charge on any atom is 0.262 e. The van der Waals surface area contributed by atoms with E-state index in [4.69, 9.17) is 5.73 Å². The van der Waals surface area contributed by atoms with Gasteiger partial charge < -0.3 is 5.73 Å². The van der Waals surface area contributed by atoms with Crippen molar-refractivity contribution in [1.29, 1.82) is 0 Å². The van der Waals surface area contributed by atoms with Crippen LogP contribution < -0.4 is 10.5 Å². The zero-order valence-electron chi connectivity index (χ0n) is 11.9. The molecule has 0 fully saturated rings. The Morgan fingerprint density at radius 2 is 1.90 bits per heavy atom. The Hall–Kier alpha value is -1.37. The van der Waals surface area contributed by atoms with E-state index in [0.29, 0.717) is 11.3 Å². The van der Waals surface area contributed by atoms with Crippen LogP contribution in [-0.2, 0) is 16.6 Å². The van der Waals surface area contributed by atoms with Crippen LogP contribution in [0.15, 0.2) is 45.8 Å². The summed E-state index contributed by atoms with van der Waals surface area (Å²) in [4.78, 5) is 0.235. The van der Waals surface area contributed by atoms with Gasteiger partial charge in [0.25, 0.3) is 10.0 Å². The molecule has 0 atom stereocenters. The molecule has 0 heterocycles. The quantitative estimate of drug-likeness (QED) is 0.869. The molecule has 0 bridgehead atoms. The predicted molar refractivity (Wildman–Crippen MR) is 88.8 cm³/mol. The van der Waals surface area contributed by atoms with Gasteiger partial charge in [-0.1, -0.05) is 28.1 Å². The molecular formula is C15H17BrN2O2S. The Kier molecular flexibility index (Phi) is 4.70. The van der Waals surface area contributed by atoms with Crippen LogP contribution in [0.4, 0.5) is 5.69 Å². The highest BCUT2D eigenvalue weighted by molar-refractivity contribution is 9.10. The van der Waals surface area contributed by atoms with Crippen LogP contribution in [0.2, 0.25) is 0 Å². The molecule has 0 aliphatic carbocycles. The van der Waals surface area contributed by atoms with Crippen molar-refractivity contribution in [3.8, 4) is 0 Å². The van der Waals surface area contributed by atoms with Crippen LogP contribution >= 0.6 is 15.9 Å². The fourth-order valence-corrected chi connectivity index (χ4v) is 4.03. The van der Waals surface area contributed by atoms with Gasteiger partial charge in [0.15, 0.2) is 0 Å². The van der Waals surface area contributed by atoms with E-state index in [1.807, 2.05) is 25.1 Å². The monoisotopic (exact) mass is 368 g/mol. The highest BCUT2D eigenvalue weighted by atomic mass is 79.9. The Bertz CT molecular complexity index is 773. The Morgan fingerprint density at radius 1 is 1.19 bits per heavy atom. The maximum absolute atomic E-state index is 12.6. The van der Waals surface area contributed by atoms with Crippen molar-refractivity contribution in [2.24, 2.45) is 5.73 Å². The third-order valence-electron chi connectivity index (χ3n) is 3.15. The number of hydrogen-bond acceptors (Lipinski definition) is 3. The molecule has 2 aromatic rings. The minimum absolute atomic E-state index is 0.235. The van der Waals surface area contributed by atoms with Gasteiger partial charge in [-0.05, 0) is 54.8 Å². The van der Waals surface area contributed by atoms with E-state index >= 15 is 0 Å². The van der Waals surface area contributed by atoms with Gasteiger partial charge in [-0.25, -0.2) is 8.42 Å². The third-order valence-corrected chi connectivity index (χ3v) is 5.48. The second kappa shape index (κ2) is 6.17. The minimum Gasteiger partial charge on any atom is -0.326 e. The average Bonchev–Trinajstić information content (AvgIpc) is 2.41. The Balaban J connectivity index is 2.47. The van der Waals surface area contributed by atoms with Crippen LogP contribution in [0.1, 0.15) is 16.7 Å². The number of aryl methyl sites for hydroxylation is 1. The first-order valence-corrected chi connectivity index (χ1v) is 8.69. The molecule has 0 saturated carbocycles.